The van der Waals surface area contributed by atoms with Crippen LogP contribution in [0.5, 0.6) is 0 Å². The van der Waals surface area contributed by atoms with Crippen LogP contribution in [-0.4, -0.2) is 26.4 Å². The van der Waals surface area contributed by atoms with Crippen LogP contribution in [-0.2, 0) is 19.4 Å². The molecule has 144 valence electrons. The van der Waals surface area contributed by atoms with E-state index in [1.165, 1.54) is 6.42 Å². The molecule has 0 aliphatic carbocycles. The number of rotatable bonds is 6. The van der Waals surface area contributed by atoms with Gasteiger partial charge in [-0.1, -0.05) is 42.8 Å². The molecule has 4 rings (SSSR count). The van der Waals surface area contributed by atoms with Crippen molar-refractivity contribution < 1.29 is 0 Å². The molecule has 1 atom stereocenters. The van der Waals surface area contributed by atoms with Gasteiger partial charge in [-0.05, 0) is 43.1 Å². The summed E-state index contributed by atoms with van der Waals surface area (Å²) in [7, 11) is 0. The number of nitrogens with zero attached hydrogens (tertiary/aromatic N) is 4. The van der Waals surface area contributed by atoms with Gasteiger partial charge in [-0.25, -0.2) is 9.97 Å². The molecular formula is C23H25ClN4. The summed E-state index contributed by atoms with van der Waals surface area (Å²) in [5, 5.41) is 0.799. The maximum absolute atomic E-state index is 6.33. The lowest BCUT2D eigenvalue weighted by atomic mass is 10.1. The number of benzene rings is 1. The number of hydrogen-bond donors (Lipinski definition) is 0. The molecule has 1 aromatic carbocycles. The number of hydrogen-bond acceptors (Lipinski definition) is 4. The molecule has 3 heterocycles. The number of aromatic nitrogens is 3. The highest BCUT2D eigenvalue weighted by Gasteiger charge is 2.27. The zero-order chi connectivity index (χ0) is 19.3. The third-order valence-electron chi connectivity index (χ3n) is 5.32. The average Bonchev–Trinajstić information content (AvgIpc) is 3.19. The van der Waals surface area contributed by atoms with Gasteiger partial charge in [-0.2, -0.15) is 0 Å². The summed E-state index contributed by atoms with van der Waals surface area (Å²) < 4.78 is 0. The Morgan fingerprint density at radius 2 is 1.89 bits per heavy atom. The molecule has 0 radical (unpaired) electrons. The highest BCUT2D eigenvalue weighted by atomic mass is 35.5. The molecule has 0 N–H and O–H groups in total. The van der Waals surface area contributed by atoms with E-state index in [4.69, 9.17) is 16.6 Å². The van der Waals surface area contributed by atoms with Crippen LogP contribution in [0.1, 0.15) is 54.1 Å². The highest BCUT2D eigenvalue weighted by Crippen LogP contribution is 2.32. The number of pyridine rings is 1. The molecule has 0 bridgehead atoms. The van der Waals surface area contributed by atoms with Crippen molar-refractivity contribution in [1.82, 2.24) is 19.9 Å². The van der Waals surface area contributed by atoms with Crippen molar-refractivity contribution in [2.75, 3.05) is 6.54 Å². The van der Waals surface area contributed by atoms with E-state index >= 15 is 0 Å². The molecule has 1 aliphatic heterocycles. The van der Waals surface area contributed by atoms with Gasteiger partial charge in [-0.15, -0.1) is 0 Å². The van der Waals surface area contributed by atoms with Crippen molar-refractivity contribution in [2.24, 2.45) is 0 Å². The van der Waals surface area contributed by atoms with E-state index in [-0.39, 0.29) is 0 Å². The number of halogens is 1. The zero-order valence-electron chi connectivity index (χ0n) is 16.2. The van der Waals surface area contributed by atoms with E-state index in [0.29, 0.717) is 6.04 Å². The fourth-order valence-electron chi connectivity index (χ4n) is 3.85. The number of likely N-dealkylation sites (tertiary alicyclic amines) is 1. The summed E-state index contributed by atoms with van der Waals surface area (Å²) >= 11 is 6.33. The third-order valence-corrected chi connectivity index (χ3v) is 5.69. The second kappa shape index (κ2) is 8.80. The van der Waals surface area contributed by atoms with Gasteiger partial charge in [0.1, 0.15) is 5.82 Å². The first kappa shape index (κ1) is 19.0. The van der Waals surface area contributed by atoms with Gasteiger partial charge in [0.15, 0.2) is 0 Å². The molecule has 0 unspecified atom stereocenters. The maximum Gasteiger partial charge on any atom is 0.127 e. The van der Waals surface area contributed by atoms with Crippen molar-refractivity contribution in [3.63, 3.8) is 0 Å². The van der Waals surface area contributed by atoms with Gasteiger partial charge in [0.25, 0.3) is 0 Å². The van der Waals surface area contributed by atoms with Gasteiger partial charge < -0.3 is 0 Å². The Kier molecular flexibility index (Phi) is 5.98. The quantitative estimate of drug-likeness (QED) is 0.591. The molecule has 4 nitrogen and oxygen atoms in total. The van der Waals surface area contributed by atoms with Crippen LogP contribution in [0.2, 0.25) is 5.02 Å². The summed E-state index contributed by atoms with van der Waals surface area (Å²) in [6.07, 6.45) is 7.87. The topological polar surface area (TPSA) is 41.9 Å². The van der Waals surface area contributed by atoms with Crippen molar-refractivity contribution in [3.8, 4) is 0 Å². The minimum absolute atomic E-state index is 0.344. The third kappa shape index (κ3) is 4.40. The first-order valence-corrected chi connectivity index (χ1v) is 10.3. The monoisotopic (exact) mass is 392 g/mol. The van der Waals surface area contributed by atoms with E-state index in [2.05, 4.69) is 46.1 Å². The van der Waals surface area contributed by atoms with Crippen LogP contribution in [0.25, 0.3) is 0 Å². The second-order valence-corrected chi connectivity index (χ2v) is 7.72. The second-order valence-electron chi connectivity index (χ2n) is 7.31. The lowest BCUT2D eigenvalue weighted by Gasteiger charge is -2.24. The van der Waals surface area contributed by atoms with Crippen LogP contribution in [0.4, 0.5) is 0 Å². The molecule has 0 saturated carbocycles. The Bertz CT molecular complexity index is 926. The first-order chi connectivity index (χ1) is 13.7. The molecule has 0 spiro atoms. The van der Waals surface area contributed by atoms with E-state index in [0.717, 1.165) is 65.7 Å². The van der Waals surface area contributed by atoms with Gasteiger partial charge in [0, 0.05) is 48.1 Å². The molecule has 1 fully saturated rings. The Morgan fingerprint density at radius 3 is 2.68 bits per heavy atom. The predicted molar refractivity (Wildman–Crippen MR) is 112 cm³/mol. The van der Waals surface area contributed by atoms with Gasteiger partial charge in [0.2, 0.25) is 0 Å². The fraction of sp³-hybridized carbons (Fsp3) is 0.348. The Hall–Kier alpha value is -2.30. The lowest BCUT2D eigenvalue weighted by molar-refractivity contribution is 0.243. The Balaban J connectivity index is 1.50. The molecule has 1 aliphatic rings. The summed E-state index contributed by atoms with van der Waals surface area (Å²) in [6.45, 7) is 4.02. The standard InChI is InChI=1S/C23H25ClN4/c1-2-23-25-14-17(15-26-23)16-28-12-6-11-22(28)21-10-5-8-19(27-21)13-18-7-3-4-9-20(18)24/h3-5,7-10,14-15,22H,2,6,11-13,16H2,1H3/t22-/m1/s1. The SMILES string of the molecule is CCc1ncc(CN2CCC[C@@H]2c2cccc(Cc3ccccc3Cl)n2)cn1. The summed E-state index contributed by atoms with van der Waals surface area (Å²) in [5.74, 6) is 0.899. The normalized spacial score (nSPS) is 17.1. The van der Waals surface area contributed by atoms with E-state index in [1.807, 2.05) is 30.6 Å². The maximum atomic E-state index is 6.33. The molecule has 2 aromatic heterocycles. The van der Waals surface area contributed by atoms with E-state index < -0.39 is 0 Å². The van der Waals surface area contributed by atoms with Gasteiger partial charge in [-0.3, -0.25) is 9.88 Å². The molecule has 5 heteroatoms. The average molecular weight is 393 g/mol. The molecule has 1 saturated heterocycles. The zero-order valence-corrected chi connectivity index (χ0v) is 16.9. The molecule has 3 aromatic rings. The molecule has 0 amide bonds. The van der Waals surface area contributed by atoms with E-state index in [9.17, 15) is 0 Å². The summed E-state index contributed by atoms with van der Waals surface area (Å²) in [5.41, 5.74) is 4.49. The lowest BCUT2D eigenvalue weighted by Crippen LogP contribution is -2.24. The number of aryl methyl sites for hydroxylation is 1. The molecule has 28 heavy (non-hydrogen) atoms. The van der Waals surface area contributed by atoms with Crippen molar-refractivity contribution in [3.05, 3.63) is 88.2 Å². The van der Waals surface area contributed by atoms with Crippen LogP contribution in [0.3, 0.4) is 0 Å². The smallest absolute Gasteiger partial charge is 0.127 e. The van der Waals surface area contributed by atoms with Crippen molar-refractivity contribution in [1.29, 1.82) is 0 Å². The minimum atomic E-state index is 0.344. The Morgan fingerprint density at radius 1 is 1.07 bits per heavy atom. The fourth-order valence-corrected chi connectivity index (χ4v) is 4.05. The van der Waals surface area contributed by atoms with Gasteiger partial charge >= 0.3 is 0 Å². The minimum Gasteiger partial charge on any atom is -0.290 e. The van der Waals surface area contributed by atoms with Crippen molar-refractivity contribution in [2.45, 2.75) is 45.2 Å². The first-order valence-electron chi connectivity index (χ1n) is 9.96. The van der Waals surface area contributed by atoms with Crippen LogP contribution in [0, 0.1) is 0 Å². The summed E-state index contributed by atoms with van der Waals surface area (Å²) in [6, 6.07) is 14.7. The Labute approximate surface area is 171 Å². The van der Waals surface area contributed by atoms with Crippen LogP contribution in [0.15, 0.2) is 54.9 Å². The summed E-state index contributed by atoms with van der Waals surface area (Å²) in [4.78, 5) is 16.4. The van der Waals surface area contributed by atoms with Crippen LogP contribution < -0.4 is 0 Å². The predicted octanol–water partition coefficient (Wildman–Crippen LogP) is 5.02. The van der Waals surface area contributed by atoms with Crippen LogP contribution >= 0.6 is 11.6 Å². The van der Waals surface area contributed by atoms with E-state index in [1.54, 1.807) is 0 Å². The van der Waals surface area contributed by atoms with Crippen molar-refractivity contribution >= 4 is 11.6 Å². The van der Waals surface area contributed by atoms with Gasteiger partial charge in [0.05, 0.1) is 11.7 Å². The largest absolute Gasteiger partial charge is 0.290 e. The highest BCUT2D eigenvalue weighted by molar-refractivity contribution is 6.31. The molecular weight excluding hydrogens is 368 g/mol.